The van der Waals surface area contributed by atoms with Crippen LogP contribution in [-0.4, -0.2) is 67.7 Å². The molecule has 1 spiro atoms. The maximum Gasteiger partial charge on any atom is 0.250 e. The number of hydrogen-bond donors (Lipinski definition) is 1. The molecule has 182 valence electrons. The Balaban J connectivity index is 1.22. The van der Waals surface area contributed by atoms with Crippen LogP contribution in [0.4, 0.5) is 5.69 Å². The summed E-state index contributed by atoms with van der Waals surface area (Å²) in [5.74, 6) is 3.21. The maximum absolute atomic E-state index is 13.7. The number of benzene rings is 1. The molecule has 2 heterocycles. The second-order valence-electron chi connectivity index (χ2n) is 11.8. The van der Waals surface area contributed by atoms with Crippen molar-refractivity contribution in [3.8, 4) is 0 Å². The average molecular weight is 453 g/mol. The van der Waals surface area contributed by atoms with E-state index in [1.54, 1.807) is 0 Å². The minimum atomic E-state index is -0.356. The van der Waals surface area contributed by atoms with Crippen LogP contribution in [-0.2, 0) is 4.79 Å². The largest absolute Gasteiger partial charge is 0.339 e. The molecule has 6 rings (SSSR count). The van der Waals surface area contributed by atoms with E-state index in [1.165, 1.54) is 37.9 Å². The lowest BCUT2D eigenvalue weighted by molar-refractivity contribution is -0.133. The number of anilines is 1. The van der Waals surface area contributed by atoms with Gasteiger partial charge in [-0.1, -0.05) is 32.0 Å². The van der Waals surface area contributed by atoms with Gasteiger partial charge in [0.2, 0.25) is 5.91 Å². The lowest BCUT2D eigenvalue weighted by Gasteiger charge is -2.60. The smallest absolute Gasteiger partial charge is 0.250 e. The van der Waals surface area contributed by atoms with Crippen LogP contribution in [0.1, 0.15) is 58.8 Å². The highest BCUT2D eigenvalue weighted by Crippen LogP contribution is 2.62. The Kier molecular flexibility index (Phi) is 6.47. The van der Waals surface area contributed by atoms with Crippen LogP contribution >= 0.6 is 0 Å². The Labute approximate surface area is 200 Å². The summed E-state index contributed by atoms with van der Waals surface area (Å²) in [5, 5.41) is 3.22. The Bertz CT molecular complexity index is 814. The predicted octanol–water partition coefficient (Wildman–Crippen LogP) is 4.20. The first-order valence-corrected chi connectivity index (χ1v) is 13.4. The summed E-state index contributed by atoms with van der Waals surface area (Å²) in [7, 11) is 1.98. The molecule has 1 amide bonds. The van der Waals surface area contributed by atoms with Gasteiger partial charge in [0.05, 0.1) is 6.67 Å². The number of fused-ring (bicyclic) bond motifs is 2. The number of hydrogen-bond acceptors (Lipinski definition) is 4. The van der Waals surface area contributed by atoms with Crippen LogP contribution in [0.5, 0.6) is 0 Å². The van der Waals surface area contributed by atoms with Crippen molar-refractivity contribution in [2.24, 2.45) is 23.2 Å². The number of carbonyl (C=O) groups is 1. The summed E-state index contributed by atoms with van der Waals surface area (Å²) in [6.45, 7) is 10.8. The molecule has 2 saturated heterocycles. The molecule has 0 aromatic heterocycles. The summed E-state index contributed by atoms with van der Waals surface area (Å²) in [4.78, 5) is 20.9. The van der Waals surface area contributed by atoms with Gasteiger partial charge in [-0.25, -0.2) is 0 Å². The zero-order valence-corrected chi connectivity index (χ0v) is 21.1. The Morgan fingerprint density at radius 2 is 1.82 bits per heavy atom. The SMILES string of the molecule is CNCCCN1CN(c2ccccc2)C2(CCN(CCC3CCC4CC3C4(C)C)CC2)C1=O. The van der Waals surface area contributed by atoms with E-state index in [0.29, 0.717) is 11.3 Å². The van der Waals surface area contributed by atoms with Gasteiger partial charge >= 0.3 is 0 Å². The normalized spacial score (nSPS) is 30.6. The topological polar surface area (TPSA) is 38.8 Å². The molecule has 5 aliphatic rings. The lowest BCUT2D eigenvalue weighted by Crippen LogP contribution is -2.57. The fourth-order valence-electron chi connectivity index (χ4n) is 7.62. The van der Waals surface area contributed by atoms with Crippen molar-refractivity contribution in [1.82, 2.24) is 15.1 Å². The molecule has 1 aromatic rings. The maximum atomic E-state index is 13.7. The second kappa shape index (κ2) is 9.22. The van der Waals surface area contributed by atoms with Crippen LogP contribution in [0, 0.1) is 23.2 Å². The highest BCUT2D eigenvalue weighted by atomic mass is 16.2. The predicted molar refractivity (Wildman–Crippen MR) is 135 cm³/mol. The van der Waals surface area contributed by atoms with Gasteiger partial charge in [0.25, 0.3) is 0 Å². The summed E-state index contributed by atoms with van der Waals surface area (Å²) in [6, 6.07) is 10.6. The third-order valence-electron chi connectivity index (χ3n) is 9.94. The molecule has 33 heavy (non-hydrogen) atoms. The van der Waals surface area contributed by atoms with Crippen LogP contribution in [0.25, 0.3) is 0 Å². The van der Waals surface area contributed by atoms with E-state index < -0.39 is 0 Å². The van der Waals surface area contributed by atoms with Crippen molar-refractivity contribution in [3.63, 3.8) is 0 Å². The van der Waals surface area contributed by atoms with Gasteiger partial charge in [-0.05, 0) is 100 Å². The van der Waals surface area contributed by atoms with Gasteiger partial charge in [-0.15, -0.1) is 0 Å². The van der Waals surface area contributed by atoms with Gasteiger partial charge in [-0.2, -0.15) is 0 Å². The number of amides is 1. The monoisotopic (exact) mass is 452 g/mol. The fraction of sp³-hybridized carbons (Fsp3) is 0.750. The Morgan fingerprint density at radius 3 is 2.48 bits per heavy atom. The second-order valence-corrected chi connectivity index (χ2v) is 11.8. The first kappa shape index (κ1) is 23.2. The minimum absolute atomic E-state index is 0.356. The Hall–Kier alpha value is -1.59. The molecule has 5 nitrogen and oxygen atoms in total. The zero-order valence-electron chi connectivity index (χ0n) is 21.1. The number of piperidine rings is 1. The zero-order chi connectivity index (χ0) is 23.1. The number of nitrogens with zero attached hydrogens (tertiary/aromatic N) is 3. The average Bonchev–Trinajstić information content (AvgIpc) is 3.10. The van der Waals surface area contributed by atoms with Crippen molar-refractivity contribution in [2.75, 3.05) is 51.3 Å². The molecular formula is C28H44N4O. The van der Waals surface area contributed by atoms with Crippen molar-refractivity contribution < 1.29 is 4.79 Å². The first-order chi connectivity index (χ1) is 16.0. The number of para-hydroxylation sites is 1. The molecule has 5 fully saturated rings. The van der Waals surface area contributed by atoms with E-state index in [-0.39, 0.29) is 5.54 Å². The van der Waals surface area contributed by atoms with Crippen molar-refractivity contribution in [2.45, 2.75) is 64.3 Å². The van der Waals surface area contributed by atoms with Gasteiger partial charge in [-0.3, -0.25) is 4.79 Å². The summed E-state index contributed by atoms with van der Waals surface area (Å²) in [5.41, 5.74) is 1.42. The fourth-order valence-corrected chi connectivity index (χ4v) is 7.62. The third-order valence-corrected chi connectivity index (χ3v) is 9.94. The van der Waals surface area contributed by atoms with E-state index in [1.807, 2.05) is 7.05 Å². The van der Waals surface area contributed by atoms with E-state index in [4.69, 9.17) is 0 Å². The quantitative estimate of drug-likeness (QED) is 0.600. The van der Waals surface area contributed by atoms with Gasteiger partial charge < -0.3 is 20.0 Å². The number of likely N-dealkylation sites (tertiary alicyclic amines) is 1. The highest BCUT2D eigenvalue weighted by Gasteiger charge is 2.55. The summed E-state index contributed by atoms with van der Waals surface area (Å²) < 4.78 is 0. The number of carbonyl (C=O) groups excluding carboxylic acids is 1. The van der Waals surface area contributed by atoms with Crippen LogP contribution in [0.2, 0.25) is 0 Å². The number of nitrogens with one attached hydrogen (secondary N) is 1. The lowest BCUT2D eigenvalue weighted by atomic mass is 9.45. The van der Waals surface area contributed by atoms with Gasteiger partial charge in [0.1, 0.15) is 5.54 Å². The van der Waals surface area contributed by atoms with Crippen molar-refractivity contribution in [3.05, 3.63) is 30.3 Å². The van der Waals surface area contributed by atoms with Crippen molar-refractivity contribution >= 4 is 11.6 Å². The first-order valence-electron chi connectivity index (χ1n) is 13.4. The third kappa shape index (κ3) is 4.10. The molecule has 3 atom stereocenters. The van der Waals surface area contributed by atoms with Crippen molar-refractivity contribution in [1.29, 1.82) is 0 Å². The molecule has 2 aliphatic heterocycles. The molecule has 1 aromatic carbocycles. The summed E-state index contributed by atoms with van der Waals surface area (Å²) in [6.07, 6.45) is 8.62. The molecular weight excluding hydrogens is 408 g/mol. The minimum Gasteiger partial charge on any atom is -0.339 e. The van der Waals surface area contributed by atoms with Crippen LogP contribution in [0.3, 0.4) is 0 Å². The summed E-state index contributed by atoms with van der Waals surface area (Å²) >= 11 is 0. The molecule has 3 unspecified atom stereocenters. The molecule has 0 radical (unpaired) electrons. The molecule has 3 saturated carbocycles. The van der Waals surface area contributed by atoms with Crippen LogP contribution in [0.15, 0.2) is 30.3 Å². The molecule has 3 aliphatic carbocycles. The molecule has 2 bridgehead atoms. The van der Waals surface area contributed by atoms with E-state index in [0.717, 1.165) is 69.9 Å². The van der Waals surface area contributed by atoms with E-state index in [9.17, 15) is 4.79 Å². The molecule has 5 heteroatoms. The highest BCUT2D eigenvalue weighted by molar-refractivity contribution is 5.93. The molecule has 1 N–H and O–H groups in total. The van der Waals surface area contributed by atoms with E-state index >= 15 is 0 Å². The van der Waals surface area contributed by atoms with Gasteiger partial charge in [0, 0.05) is 25.3 Å². The standard InChI is InChI=1S/C28H44N4O/c1-27(2)23-11-10-22(25(27)20-23)12-17-30-18-13-28(14-19-30)26(33)31(16-7-15-29-3)21-32(28)24-8-5-4-6-9-24/h4-6,8-9,22-23,25,29H,7,10-21H2,1-3H3. The van der Waals surface area contributed by atoms with E-state index in [2.05, 4.69) is 64.2 Å². The van der Waals surface area contributed by atoms with Crippen LogP contribution < -0.4 is 10.2 Å². The Morgan fingerprint density at radius 1 is 1.06 bits per heavy atom. The van der Waals surface area contributed by atoms with Gasteiger partial charge in [0.15, 0.2) is 0 Å². The number of rotatable bonds is 8.